The molecule has 1 aromatic heterocycles. The molecule has 0 unspecified atom stereocenters. The van der Waals surface area contributed by atoms with Crippen molar-refractivity contribution in [3.63, 3.8) is 0 Å². The second kappa shape index (κ2) is 7.78. The molecule has 1 aliphatic heterocycles. The Balaban J connectivity index is 1.84. The molecular formula is C19H28N6O. The fraction of sp³-hybridized carbons (Fsp3) is 0.474. The molecule has 140 valence electrons. The van der Waals surface area contributed by atoms with Crippen molar-refractivity contribution < 1.29 is 4.74 Å². The minimum atomic E-state index is 0.435. The highest BCUT2D eigenvalue weighted by Gasteiger charge is 2.24. The molecule has 26 heavy (non-hydrogen) atoms. The minimum Gasteiger partial charge on any atom is -0.495 e. The summed E-state index contributed by atoms with van der Waals surface area (Å²) in [6.07, 6.45) is 3.76. The summed E-state index contributed by atoms with van der Waals surface area (Å²) < 4.78 is 5.43. The number of nitrogens with two attached hydrogens (primary N) is 1. The van der Waals surface area contributed by atoms with Gasteiger partial charge in [-0.15, -0.1) is 0 Å². The van der Waals surface area contributed by atoms with Crippen LogP contribution in [0.25, 0.3) is 0 Å². The van der Waals surface area contributed by atoms with Crippen LogP contribution in [0.4, 0.5) is 23.0 Å². The third kappa shape index (κ3) is 3.83. The molecule has 0 spiro atoms. The zero-order chi connectivity index (χ0) is 18.7. The van der Waals surface area contributed by atoms with E-state index in [0.717, 1.165) is 48.7 Å². The minimum absolute atomic E-state index is 0.435. The number of hydrogen-bond acceptors (Lipinski definition) is 7. The first-order chi connectivity index (χ1) is 12.5. The van der Waals surface area contributed by atoms with Crippen molar-refractivity contribution in [2.24, 2.45) is 0 Å². The summed E-state index contributed by atoms with van der Waals surface area (Å²) in [7, 11) is 5.87. The number of rotatable bonds is 5. The van der Waals surface area contributed by atoms with Gasteiger partial charge in [0.25, 0.3) is 0 Å². The maximum Gasteiger partial charge on any atom is 0.159 e. The number of ether oxygens (including phenoxy) is 1. The van der Waals surface area contributed by atoms with E-state index in [9.17, 15) is 0 Å². The Hall–Kier alpha value is -2.54. The number of anilines is 4. The monoisotopic (exact) mass is 356 g/mol. The molecule has 0 bridgehead atoms. The smallest absolute Gasteiger partial charge is 0.159 e. The molecule has 1 saturated heterocycles. The number of hydrogen-bond donors (Lipinski definition) is 2. The molecule has 7 nitrogen and oxygen atoms in total. The van der Waals surface area contributed by atoms with E-state index in [1.54, 1.807) is 13.4 Å². The molecular weight excluding hydrogens is 328 g/mol. The second-order valence-corrected chi connectivity index (χ2v) is 6.93. The number of nitrogen functional groups attached to an aromatic ring is 1. The van der Waals surface area contributed by atoms with Crippen LogP contribution in [-0.4, -0.2) is 55.2 Å². The van der Waals surface area contributed by atoms with E-state index in [1.807, 2.05) is 25.1 Å². The lowest BCUT2D eigenvalue weighted by atomic mass is 10.0. The van der Waals surface area contributed by atoms with Crippen molar-refractivity contribution in [3.05, 3.63) is 30.1 Å². The number of nitrogens with one attached hydrogen (secondary N) is 1. The van der Waals surface area contributed by atoms with Crippen LogP contribution in [0.15, 0.2) is 24.5 Å². The van der Waals surface area contributed by atoms with Gasteiger partial charge in [0, 0.05) is 13.1 Å². The summed E-state index contributed by atoms with van der Waals surface area (Å²) in [4.78, 5) is 13.3. The molecule has 2 heterocycles. The predicted molar refractivity (Wildman–Crippen MR) is 106 cm³/mol. The third-order valence-electron chi connectivity index (χ3n) is 5.04. The number of benzene rings is 1. The van der Waals surface area contributed by atoms with Crippen LogP contribution in [0.3, 0.4) is 0 Å². The second-order valence-electron chi connectivity index (χ2n) is 6.93. The average molecular weight is 356 g/mol. The molecule has 0 saturated carbocycles. The summed E-state index contributed by atoms with van der Waals surface area (Å²) in [5.74, 6) is 2.11. The highest BCUT2D eigenvalue weighted by atomic mass is 16.5. The van der Waals surface area contributed by atoms with Gasteiger partial charge in [0.05, 0.1) is 12.8 Å². The molecule has 1 aromatic carbocycles. The Labute approximate surface area is 155 Å². The first-order valence-electron chi connectivity index (χ1n) is 8.93. The third-order valence-corrected chi connectivity index (χ3v) is 5.04. The van der Waals surface area contributed by atoms with E-state index in [2.05, 4.69) is 39.2 Å². The Morgan fingerprint density at radius 2 is 2.00 bits per heavy atom. The van der Waals surface area contributed by atoms with Crippen LogP contribution in [0.1, 0.15) is 18.4 Å². The molecule has 0 aliphatic carbocycles. The van der Waals surface area contributed by atoms with E-state index >= 15 is 0 Å². The quantitative estimate of drug-likeness (QED) is 0.852. The van der Waals surface area contributed by atoms with Crippen molar-refractivity contribution in [1.29, 1.82) is 0 Å². The number of likely N-dealkylation sites (tertiary alicyclic amines) is 1. The summed E-state index contributed by atoms with van der Waals surface area (Å²) in [6.45, 7) is 4.21. The van der Waals surface area contributed by atoms with Crippen LogP contribution < -0.4 is 20.7 Å². The number of nitrogens with zero attached hydrogens (tertiary/aromatic N) is 4. The molecule has 2 aromatic rings. The molecule has 3 rings (SSSR count). The summed E-state index contributed by atoms with van der Waals surface area (Å²) in [5, 5.41) is 3.30. The van der Waals surface area contributed by atoms with Crippen molar-refractivity contribution in [2.75, 3.05) is 50.2 Å². The predicted octanol–water partition coefficient (Wildman–Crippen LogP) is 2.65. The van der Waals surface area contributed by atoms with Gasteiger partial charge in [-0.1, -0.05) is 6.07 Å². The van der Waals surface area contributed by atoms with E-state index in [4.69, 9.17) is 10.5 Å². The Kier molecular flexibility index (Phi) is 5.46. The van der Waals surface area contributed by atoms with Crippen LogP contribution in [0.2, 0.25) is 0 Å². The normalized spacial score (nSPS) is 15.7. The van der Waals surface area contributed by atoms with Crippen molar-refractivity contribution in [2.45, 2.75) is 25.8 Å². The fourth-order valence-corrected chi connectivity index (χ4v) is 3.37. The number of aromatic nitrogens is 2. The van der Waals surface area contributed by atoms with Gasteiger partial charge in [-0.3, -0.25) is 0 Å². The number of piperidine rings is 1. The molecule has 7 heteroatoms. The van der Waals surface area contributed by atoms with Gasteiger partial charge in [0.15, 0.2) is 11.6 Å². The van der Waals surface area contributed by atoms with Crippen molar-refractivity contribution in [1.82, 2.24) is 14.9 Å². The van der Waals surface area contributed by atoms with E-state index in [1.165, 1.54) is 0 Å². The SMILES string of the molecule is COc1ccc(C)cc1Nc1ncnc(N(C)C2CCN(C)CC2)c1N. The van der Waals surface area contributed by atoms with Crippen molar-refractivity contribution in [3.8, 4) is 5.75 Å². The topological polar surface area (TPSA) is 79.5 Å². The van der Waals surface area contributed by atoms with E-state index in [-0.39, 0.29) is 0 Å². The molecule has 1 aliphatic rings. The maximum atomic E-state index is 6.42. The number of methoxy groups -OCH3 is 1. The van der Waals surface area contributed by atoms with Gasteiger partial charge >= 0.3 is 0 Å². The Bertz CT molecular complexity index is 758. The van der Waals surface area contributed by atoms with Gasteiger partial charge in [-0.05, 0) is 57.6 Å². The first kappa shape index (κ1) is 18.3. The number of aryl methyl sites for hydroxylation is 1. The zero-order valence-corrected chi connectivity index (χ0v) is 16.0. The van der Waals surface area contributed by atoms with Gasteiger partial charge in [0.2, 0.25) is 0 Å². The molecule has 3 N–H and O–H groups in total. The zero-order valence-electron chi connectivity index (χ0n) is 16.0. The average Bonchev–Trinajstić information content (AvgIpc) is 2.64. The van der Waals surface area contributed by atoms with Gasteiger partial charge in [0.1, 0.15) is 17.8 Å². The standard InChI is InChI=1S/C19H28N6O/c1-13-5-6-16(26-4)15(11-13)23-18-17(20)19(22-12-21-18)25(3)14-7-9-24(2)10-8-14/h5-6,11-12,14H,7-10,20H2,1-4H3,(H,21,22,23). The van der Waals surface area contributed by atoms with Gasteiger partial charge in [-0.2, -0.15) is 0 Å². The lowest BCUT2D eigenvalue weighted by molar-refractivity contribution is 0.252. The Morgan fingerprint density at radius 3 is 2.69 bits per heavy atom. The maximum absolute atomic E-state index is 6.42. The molecule has 0 radical (unpaired) electrons. The fourth-order valence-electron chi connectivity index (χ4n) is 3.37. The van der Waals surface area contributed by atoms with Crippen LogP contribution in [0, 0.1) is 6.92 Å². The van der Waals surface area contributed by atoms with Crippen molar-refractivity contribution >= 4 is 23.0 Å². The van der Waals surface area contributed by atoms with E-state index < -0.39 is 0 Å². The van der Waals surface area contributed by atoms with Crippen LogP contribution >= 0.6 is 0 Å². The summed E-state index contributed by atoms with van der Waals surface area (Å²) in [5.41, 5.74) is 8.94. The van der Waals surface area contributed by atoms with Gasteiger partial charge < -0.3 is 25.6 Å². The van der Waals surface area contributed by atoms with Crippen LogP contribution in [-0.2, 0) is 0 Å². The Morgan fingerprint density at radius 1 is 1.27 bits per heavy atom. The molecule has 1 fully saturated rings. The lowest BCUT2D eigenvalue weighted by Crippen LogP contribution is -2.42. The van der Waals surface area contributed by atoms with Gasteiger partial charge in [-0.25, -0.2) is 9.97 Å². The first-order valence-corrected chi connectivity index (χ1v) is 8.93. The van der Waals surface area contributed by atoms with Crippen LogP contribution in [0.5, 0.6) is 5.75 Å². The lowest BCUT2D eigenvalue weighted by Gasteiger charge is -2.36. The molecule has 0 atom stereocenters. The molecule has 0 amide bonds. The largest absolute Gasteiger partial charge is 0.495 e. The summed E-state index contributed by atoms with van der Waals surface area (Å²) >= 11 is 0. The highest BCUT2D eigenvalue weighted by Crippen LogP contribution is 2.33. The van der Waals surface area contributed by atoms with E-state index in [0.29, 0.717) is 17.5 Å². The highest BCUT2D eigenvalue weighted by molar-refractivity contribution is 5.79. The summed E-state index contributed by atoms with van der Waals surface area (Å²) in [6, 6.07) is 6.39.